The Hall–Kier alpha value is -1.44. The monoisotopic (exact) mass is 367 g/mol. The first-order chi connectivity index (χ1) is 12.0. The fourth-order valence-electron chi connectivity index (χ4n) is 2.93. The second-order valence-electron chi connectivity index (χ2n) is 6.42. The van der Waals surface area contributed by atoms with Gasteiger partial charge in [0.1, 0.15) is 0 Å². The Labute approximate surface area is 151 Å². The van der Waals surface area contributed by atoms with Gasteiger partial charge in [-0.05, 0) is 44.0 Å². The van der Waals surface area contributed by atoms with Gasteiger partial charge < -0.3 is 10.6 Å². The molecule has 0 bridgehead atoms. The average Bonchev–Trinajstić information content (AvgIpc) is 2.90. The fraction of sp³-hybridized carbons (Fsp3) is 0.611. The van der Waals surface area contributed by atoms with Crippen LogP contribution in [0.15, 0.2) is 29.2 Å². The van der Waals surface area contributed by atoms with Gasteiger partial charge in [0.2, 0.25) is 15.9 Å². The quantitative estimate of drug-likeness (QED) is 0.683. The SMILES string of the molecule is CNCCNC(=O)CCc1ccc(S(=O)(=O)N2CCCCCC2)cc1. The van der Waals surface area contributed by atoms with Gasteiger partial charge in [0.25, 0.3) is 0 Å². The summed E-state index contributed by atoms with van der Waals surface area (Å²) in [6.45, 7) is 2.57. The molecule has 2 N–H and O–H groups in total. The van der Waals surface area contributed by atoms with E-state index in [1.165, 1.54) is 0 Å². The van der Waals surface area contributed by atoms with Crippen molar-refractivity contribution in [3.8, 4) is 0 Å². The molecular formula is C18H29N3O3S. The van der Waals surface area contributed by atoms with Gasteiger partial charge in [-0.2, -0.15) is 4.31 Å². The highest BCUT2D eigenvalue weighted by atomic mass is 32.2. The third-order valence-electron chi connectivity index (χ3n) is 4.46. The number of aryl methyl sites for hydroxylation is 1. The van der Waals surface area contributed by atoms with Crippen LogP contribution in [-0.2, 0) is 21.2 Å². The van der Waals surface area contributed by atoms with Crippen LogP contribution in [0.2, 0.25) is 0 Å². The second kappa shape index (κ2) is 9.89. The molecule has 0 unspecified atom stereocenters. The van der Waals surface area contributed by atoms with Gasteiger partial charge in [0.15, 0.2) is 0 Å². The van der Waals surface area contributed by atoms with E-state index in [-0.39, 0.29) is 5.91 Å². The number of rotatable bonds is 8. The van der Waals surface area contributed by atoms with E-state index in [1.54, 1.807) is 16.4 Å². The summed E-state index contributed by atoms with van der Waals surface area (Å²) in [5, 5.41) is 5.81. The minimum Gasteiger partial charge on any atom is -0.355 e. The third-order valence-corrected chi connectivity index (χ3v) is 6.38. The average molecular weight is 368 g/mol. The number of carbonyl (C=O) groups excluding carboxylic acids is 1. The maximum Gasteiger partial charge on any atom is 0.243 e. The van der Waals surface area contributed by atoms with E-state index in [1.807, 2.05) is 19.2 Å². The molecule has 140 valence electrons. The summed E-state index contributed by atoms with van der Waals surface area (Å²) in [7, 11) is -1.56. The first-order valence-electron chi connectivity index (χ1n) is 9.04. The maximum atomic E-state index is 12.7. The molecule has 25 heavy (non-hydrogen) atoms. The molecule has 7 heteroatoms. The zero-order valence-corrected chi connectivity index (χ0v) is 15.8. The molecule has 1 fully saturated rings. The normalized spacial score (nSPS) is 16.4. The molecule has 1 aromatic carbocycles. The summed E-state index contributed by atoms with van der Waals surface area (Å²) < 4.78 is 27.0. The van der Waals surface area contributed by atoms with E-state index in [2.05, 4.69) is 10.6 Å². The van der Waals surface area contributed by atoms with Crippen molar-refractivity contribution in [3.05, 3.63) is 29.8 Å². The standard InChI is InChI=1S/C18H29N3O3S/c1-19-12-13-20-18(22)11-8-16-6-9-17(10-7-16)25(23,24)21-14-4-2-3-5-15-21/h6-7,9-10,19H,2-5,8,11-15H2,1H3,(H,20,22). The van der Waals surface area contributed by atoms with E-state index in [0.717, 1.165) is 37.8 Å². The van der Waals surface area contributed by atoms with E-state index < -0.39 is 10.0 Å². The molecule has 6 nitrogen and oxygen atoms in total. The van der Waals surface area contributed by atoms with Gasteiger partial charge in [0.05, 0.1) is 4.90 Å². The molecule has 0 saturated carbocycles. The van der Waals surface area contributed by atoms with Gasteiger partial charge in [-0.25, -0.2) is 8.42 Å². The molecular weight excluding hydrogens is 338 g/mol. The van der Waals surface area contributed by atoms with E-state index in [4.69, 9.17) is 0 Å². The fourth-order valence-corrected chi connectivity index (χ4v) is 4.45. The molecule has 1 amide bonds. The van der Waals surface area contributed by atoms with Crippen molar-refractivity contribution < 1.29 is 13.2 Å². The van der Waals surface area contributed by atoms with Crippen LogP contribution in [-0.4, -0.2) is 51.9 Å². The summed E-state index contributed by atoms with van der Waals surface area (Å²) in [6.07, 6.45) is 5.07. The van der Waals surface area contributed by atoms with Crippen molar-refractivity contribution in [1.82, 2.24) is 14.9 Å². The molecule has 1 aromatic rings. The number of likely N-dealkylation sites (N-methyl/N-ethyl adjacent to an activating group) is 1. The van der Waals surface area contributed by atoms with Gasteiger partial charge in [-0.1, -0.05) is 25.0 Å². The largest absolute Gasteiger partial charge is 0.355 e. The van der Waals surface area contributed by atoms with Crippen LogP contribution < -0.4 is 10.6 Å². The molecule has 1 aliphatic rings. The van der Waals surface area contributed by atoms with Crippen molar-refractivity contribution in [1.29, 1.82) is 0 Å². The summed E-state index contributed by atoms with van der Waals surface area (Å²) in [4.78, 5) is 12.1. The maximum absolute atomic E-state index is 12.7. The molecule has 1 heterocycles. The van der Waals surface area contributed by atoms with Gasteiger partial charge in [-0.15, -0.1) is 0 Å². The Morgan fingerprint density at radius 1 is 1.04 bits per heavy atom. The lowest BCUT2D eigenvalue weighted by Gasteiger charge is -2.20. The number of amides is 1. The van der Waals surface area contributed by atoms with Gasteiger partial charge in [0, 0.05) is 32.6 Å². The number of nitrogens with zero attached hydrogens (tertiary/aromatic N) is 1. The third kappa shape index (κ3) is 6.09. The Balaban J connectivity index is 1.91. The lowest BCUT2D eigenvalue weighted by atomic mass is 10.1. The minimum atomic E-state index is -3.40. The lowest BCUT2D eigenvalue weighted by Crippen LogP contribution is -2.31. The van der Waals surface area contributed by atoms with Gasteiger partial charge in [-0.3, -0.25) is 4.79 Å². The van der Waals surface area contributed by atoms with Crippen molar-refractivity contribution in [2.24, 2.45) is 0 Å². The molecule has 0 aromatic heterocycles. The molecule has 1 saturated heterocycles. The van der Waals surface area contributed by atoms with Crippen LogP contribution in [0.25, 0.3) is 0 Å². The smallest absolute Gasteiger partial charge is 0.243 e. The van der Waals surface area contributed by atoms with Crippen molar-refractivity contribution in [3.63, 3.8) is 0 Å². The van der Waals surface area contributed by atoms with Crippen molar-refractivity contribution in [2.75, 3.05) is 33.2 Å². The highest BCUT2D eigenvalue weighted by molar-refractivity contribution is 7.89. The summed E-state index contributed by atoms with van der Waals surface area (Å²) in [5.74, 6) is 0.0107. The van der Waals surface area contributed by atoms with Crippen LogP contribution in [0, 0.1) is 0 Å². The van der Waals surface area contributed by atoms with E-state index in [9.17, 15) is 13.2 Å². The highest BCUT2D eigenvalue weighted by Crippen LogP contribution is 2.20. The number of hydrogen-bond donors (Lipinski definition) is 2. The predicted octanol–water partition coefficient (Wildman–Crippen LogP) is 1.52. The number of hydrogen-bond acceptors (Lipinski definition) is 4. The number of sulfonamides is 1. The summed E-state index contributed by atoms with van der Waals surface area (Å²) in [5.41, 5.74) is 0.971. The lowest BCUT2D eigenvalue weighted by molar-refractivity contribution is -0.121. The molecule has 0 radical (unpaired) electrons. The first-order valence-corrected chi connectivity index (χ1v) is 10.5. The topological polar surface area (TPSA) is 78.5 Å². The van der Waals surface area contributed by atoms with Crippen LogP contribution in [0.3, 0.4) is 0 Å². The van der Waals surface area contributed by atoms with E-state index in [0.29, 0.717) is 37.4 Å². The Morgan fingerprint density at radius 2 is 1.68 bits per heavy atom. The van der Waals surface area contributed by atoms with Crippen molar-refractivity contribution in [2.45, 2.75) is 43.4 Å². The van der Waals surface area contributed by atoms with Gasteiger partial charge >= 0.3 is 0 Å². The Bertz CT molecular complexity index is 636. The van der Waals surface area contributed by atoms with Crippen LogP contribution >= 0.6 is 0 Å². The highest BCUT2D eigenvalue weighted by Gasteiger charge is 2.24. The van der Waals surface area contributed by atoms with E-state index >= 15 is 0 Å². The van der Waals surface area contributed by atoms with Crippen LogP contribution in [0.5, 0.6) is 0 Å². The summed E-state index contributed by atoms with van der Waals surface area (Å²) in [6, 6.07) is 6.94. The molecule has 0 spiro atoms. The zero-order valence-electron chi connectivity index (χ0n) is 15.0. The number of carbonyl (C=O) groups is 1. The molecule has 2 rings (SSSR count). The first kappa shape index (κ1) is 19.9. The number of nitrogens with one attached hydrogen (secondary N) is 2. The Kier molecular flexibility index (Phi) is 7.87. The van der Waals surface area contributed by atoms with Crippen LogP contribution in [0.4, 0.5) is 0 Å². The second-order valence-corrected chi connectivity index (χ2v) is 8.35. The molecule has 0 aliphatic carbocycles. The Morgan fingerprint density at radius 3 is 2.28 bits per heavy atom. The van der Waals surface area contributed by atoms with Crippen molar-refractivity contribution >= 4 is 15.9 Å². The predicted molar refractivity (Wildman–Crippen MR) is 98.9 cm³/mol. The molecule has 1 aliphatic heterocycles. The zero-order chi connectivity index (χ0) is 18.1. The summed E-state index contributed by atoms with van der Waals surface area (Å²) >= 11 is 0. The molecule has 0 atom stereocenters. The van der Waals surface area contributed by atoms with Crippen LogP contribution in [0.1, 0.15) is 37.7 Å². The minimum absolute atomic E-state index is 0.0107. The number of benzene rings is 1.